The summed E-state index contributed by atoms with van der Waals surface area (Å²) in [7, 11) is 0. The smallest absolute Gasteiger partial charge is 0.216 e. The monoisotopic (exact) mass is 800 g/mol. The zero-order chi connectivity index (χ0) is 32.2. The van der Waals surface area contributed by atoms with Crippen molar-refractivity contribution in [2.45, 2.75) is 27.2 Å². The fraction of sp³-hybridized carbons (Fsp3) is 0.0930. The van der Waals surface area contributed by atoms with Gasteiger partial charge in [-0.3, -0.25) is 0 Å². The van der Waals surface area contributed by atoms with E-state index in [1.807, 2.05) is 66.9 Å². The molecule has 0 saturated heterocycles. The number of benzene rings is 4. The van der Waals surface area contributed by atoms with Crippen molar-refractivity contribution in [2.75, 3.05) is 0 Å². The molecule has 0 saturated carbocycles. The number of pyridine rings is 3. The molecule has 1 radical (unpaired) electrons. The number of hydrogen-bond donors (Lipinski definition) is 0. The van der Waals surface area contributed by atoms with E-state index in [0.717, 1.165) is 56.5 Å². The molecular formula is C43H33IrN3O-2. The van der Waals surface area contributed by atoms with E-state index in [2.05, 4.69) is 98.6 Å². The van der Waals surface area contributed by atoms with Crippen LogP contribution in [0.5, 0.6) is 0 Å². The second kappa shape index (κ2) is 14.7. The van der Waals surface area contributed by atoms with E-state index in [0.29, 0.717) is 5.71 Å². The van der Waals surface area contributed by atoms with Gasteiger partial charge in [0, 0.05) is 50.0 Å². The minimum Gasteiger partial charge on any atom is -0.486 e. The Hall–Kier alpha value is -5.22. The van der Waals surface area contributed by atoms with E-state index in [9.17, 15) is 0 Å². The number of rotatable bonds is 5. The van der Waals surface area contributed by atoms with Gasteiger partial charge in [0.05, 0.1) is 5.58 Å². The van der Waals surface area contributed by atoms with Crippen molar-refractivity contribution >= 4 is 22.1 Å². The molecule has 0 amide bonds. The van der Waals surface area contributed by atoms with Crippen molar-refractivity contribution in [3.8, 4) is 33.6 Å². The van der Waals surface area contributed by atoms with Crippen LogP contribution >= 0.6 is 0 Å². The predicted octanol–water partition coefficient (Wildman–Crippen LogP) is 10.6. The van der Waals surface area contributed by atoms with Crippen LogP contribution in [0.1, 0.15) is 27.9 Å². The van der Waals surface area contributed by atoms with E-state index in [-0.39, 0.29) is 20.1 Å². The fourth-order valence-corrected chi connectivity index (χ4v) is 5.90. The summed E-state index contributed by atoms with van der Waals surface area (Å²) >= 11 is 0. The Morgan fingerprint density at radius 3 is 2.25 bits per heavy atom. The summed E-state index contributed by atoms with van der Waals surface area (Å²) in [6, 6.07) is 47.5. The molecule has 0 atom stereocenters. The van der Waals surface area contributed by atoms with E-state index in [4.69, 9.17) is 14.4 Å². The second-order valence-electron chi connectivity index (χ2n) is 11.7. The summed E-state index contributed by atoms with van der Waals surface area (Å²) in [6.07, 6.45) is 4.50. The molecule has 0 spiro atoms. The van der Waals surface area contributed by atoms with Gasteiger partial charge in [-0.15, -0.1) is 54.1 Å². The Labute approximate surface area is 294 Å². The Balaban J connectivity index is 0.000000260. The van der Waals surface area contributed by atoms with Gasteiger partial charge < -0.3 is 14.4 Å². The zero-order valence-electron chi connectivity index (χ0n) is 27.0. The van der Waals surface area contributed by atoms with Gasteiger partial charge in [-0.05, 0) is 78.2 Å². The molecule has 0 aliphatic carbocycles. The maximum atomic E-state index is 6.35. The molecule has 0 bridgehead atoms. The maximum Gasteiger partial charge on any atom is 0.216 e. The number of fused-ring (bicyclic) bond motifs is 3. The van der Waals surface area contributed by atoms with Gasteiger partial charge in [0.15, 0.2) is 0 Å². The number of aryl methyl sites for hydroxylation is 3. The van der Waals surface area contributed by atoms with Gasteiger partial charge in [0.2, 0.25) is 5.71 Å². The van der Waals surface area contributed by atoms with E-state index in [1.165, 1.54) is 27.8 Å². The summed E-state index contributed by atoms with van der Waals surface area (Å²) in [4.78, 5) is 13.8. The maximum absolute atomic E-state index is 6.35. The van der Waals surface area contributed by atoms with Gasteiger partial charge in [0.25, 0.3) is 0 Å². The Morgan fingerprint density at radius 1 is 0.646 bits per heavy atom. The van der Waals surface area contributed by atoms with Gasteiger partial charge in [-0.2, -0.15) is 0 Å². The van der Waals surface area contributed by atoms with Crippen LogP contribution in [0.2, 0.25) is 0 Å². The summed E-state index contributed by atoms with van der Waals surface area (Å²) in [6.45, 7) is 6.39. The predicted molar refractivity (Wildman–Crippen MR) is 191 cm³/mol. The molecule has 0 N–H and O–H groups in total. The van der Waals surface area contributed by atoms with Crippen LogP contribution in [0.25, 0.3) is 55.7 Å². The molecule has 4 heterocycles. The molecule has 5 heteroatoms. The Morgan fingerprint density at radius 2 is 1.48 bits per heavy atom. The van der Waals surface area contributed by atoms with Crippen molar-refractivity contribution < 1.29 is 24.5 Å². The van der Waals surface area contributed by atoms with E-state index in [1.54, 1.807) is 6.20 Å². The molecule has 0 aliphatic rings. The van der Waals surface area contributed by atoms with Gasteiger partial charge >= 0.3 is 0 Å². The topological polar surface area (TPSA) is 51.8 Å². The fourth-order valence-electron chi connectivity index (χ4n) is 5.90. The molecule has 0 fully saturated rings. The van der Waals surface area contributed by atoms with Crippen LogP contribution < -0.4 is 0 Å². The molecule has 8 rings (SSSR count). The second-order valence-corrected chi connectivity index (χ2v) is 11.7. The first-order valence-corrected chi connectivity index (χ1v) is 15.7. The number of nitrogens with zero attached hydrogens (tertiary/aromatic N) is 3. The van der Waals surface area contributed by atoms with Crippen LogP contribution in [0, 0.1) is 32.9 Å². The largest absolute Gasteiger partial charge is 0.486 e. The molecule has 8 aromatic rings. The molecule has 48 heavy (non-hydrogen) atoms. The average molecular weight is 800 g/mol. The van der Waals surface area contributed by atoms with Crippen molar-refractivity contribution in [1.29, 1.82) is 0 Å². The summed E-state index contributed by atoms with van der Waals surface area (Å²) < 4.78 is 6.35. The number of aromatic nitrogens is 3. The van der Waals surface area contributed by atoms with Crippen LogP contribution in [-0.2, 0) is 26.5 Å². The van der Waals surface area contributed by atoms with Crippen LogP contribution in [0.4, 0.5) is 0 Å². The third-order valence-corrected chi connectivity index (χ3v) is 8.27. The molecule has 4 aromatic heterocycles. The Bertz CT molecular complexity index is 2260. The third kappa shape index (κ3) is 7.03. The minimum atomic E-state index is 0. The summed E-state index contributed by atoms with van der Waals surface area (Å²) in [5.41, 5.74) is 13.4. The van der Waals surface area contributed by atoms with Crippen molar-refractivity contribution in [3.05, 3.63) is 174 Å². The first-order chi connectivity index (χ1) is 23.0. The van der Waals surface area contributed by atoms with Gasteiger partial charge in [-0.1, -0.05) is 83.2 Å². The summed E-state index contributed by atoms with van der Waals surface area (Å²) in [5, 5.41) is 2.04. The molecule has 237 valence electrons. The SMILES string of the molecule is Cc1ccc(-c2cc(-c3[c-]ccc4c3oc3nc(Cc5ccccc5)ccc34)ncc2C)c(C)c1.[Ir].[c-]1ccccc1-c1ccccn1. The molecular weight excluding hydrogens is 767 g/mol. The summed E-state index contributed by atoms with van der Waals surface area (Å²) in [5.74, 6) is 0. The van der Waals surface area contributed by atoms with Crippen molar-refractivity contribution in [3.63, 3.8) is 0 Å². The average Bonchev–Trinajstić information content (AvgIpc) is 3.48. The minimum absolute atomic E-state index is 0. The van der Waals surface area contributed by atoms with Gasteiger partial charge in [-0.25, -0.2) is 4.98 Å². The Kier molecular flexibility index (Phi) is 10.0. The molecule has 4 aromatic carbocycles. The normalized spacial score (nSPS) is 10.7. The molecule has 0 aliphatic heterocycles. The molecule has 0 unspecified atom stereocenters. The first kappa shape index (κ1) is 32.7. The number of hydrogen-bond acceptors (Lipinski definition) is 4. The van der Waals surface area contributed by atoms with Crippen LogP contribution in [-0.4, -0.2) is 15.0 Å². The van der Waals surface area contributed by atoms with E-state index < -0.39 is 0 Å². The van der Waals surface area contributed by atoms with Crippen molar-refractivity contribution in [2.24, 2.45) is 0 Å². The standard InChI is InChI=1S/C32H25N2O.C11H8N.Ir/c1-20-12-14-25(21(2)16-20)29-18-30(33-19-22(29)3)28-11-7-10-26-27-15-13-24(34-32(27)35-31(26)28)17-23-8-5-4-6-9-23;1-2-6-10(7-3-1)11-8-4-5-9-12-11;/h4-10,12-16,18-19H,17H2,1-3H3;1-6,8-9H;/q2*-1;. The van der Waals surface area contributed by atoms with Gasteiger partial charge in [0.1, 0.15) is 0 Å². The number of furan rings is 1. The first-order valence-electron chi connectivity index (χ1n) is 15.7. The zero-order valence-corrected chi connectivity index (χ0v) is 29.4. The van der Waals surface area contributed by atoms with Crippen LogP contribution in [0.15, 0.2) is 138 Å². The third-order valence-electron chi connectivity index (χ3n) is 8.27. The van der Waals surface area contributed by atoms with Crippen molar-refractivity contribution in [1.82, 2.24) is 15.0 Å². The van der Waals surface area contributed by atoms with E-state index >= 15 is 0 Å². The quantitative estimate of drug-likeness (QED) is 0.163. The van der Waals surface area contributed by atoms with Crippen LogP contribution in [0.3, 0.4) is 0 Å². The molecule has 4 nitrogen and oxygen atoms in total.